The van der Waals surface area contributed by atoms with Crippen LogP contribution < -0.4 is 14.2 Å². The molecular formula is C78H114N6O9S3. The summed E-state index contributed by atoms with van der Waals surface area (Å²) in [5, 5.41) is 0. The molecule has 3 N–H and O–H groups in total. The summed E-state index contributed by atoms with van der Waals surface area (Å²) in [4.78, 5) is 45.0. The highest BCUT2D eigenvalue weighted by atomic mass is 32.2. The van der Waals surface area contributed by atoms with Gasteiger partial charge in [0.15, 0.2) is 0 Å². The van der Waals surface area contributed by atoms with Crippen LogP contribution in [0.15, 0.2) is 124 Å². The highest BCUT2D eigenvalue weighted by Gasteiger charge is 2.27. The van der Waals surface area contributed by atoms with Gasteiger partial charge in [-0.3, -0.25) is 14.4 Å². The Bertz CT molecular complexity index is 3820. The van der Waals surface area contributed by atoms with Gasteiger partial charge in [-0.1, -0.05) is 190 Å². The quantitative estimate of drug-likeness (QED) is 0.0420. The van der Waals surface area contributed by atoms with Crippen molar-refractivity contribution in [3.8, 4) is 0 Å². The topological polar surface area (TPSA) is 199 Å². The van der Waals surface area contributed by atoms with Crippen molar-refractivity contribution in [1.82, 2.24) is 28.9 Å². The lowest BCUT2D eigenvalue weighted by Gasteiger charge is -2.23. The van der Waals surface area contributed by atoms with E-state index in [0.717, 1.165) is 99.2 Å². The van der Waals surface area contributed by atoms with Crippen molar-refractivity contribution in [2.24, 2.45) is 0 Å². The summed E-state index contributed by atoms with van der Waals surface area (Å²) in [6, 6.07) is 33.0. The first-order valence-electron chi connectivity index (χ1n) is 34.0. The molecule has 0 saturated carbocycles. The van der Waals surface area contributed by atoms with Crippen LogP contribution in [0.5, 0.6) is 0 Å². The van der Waals surface area contributed by atoms with Crippen molar-refractivity contribution in [3.05, 3.63) is 193 Å². The number of carbonyl (C=O) groups is 3. The van der Waals surface area contributed by atoms with E-state index in [0.29, 0.717) is 11.8 Å². The number of carbonyl (C=O) groups excluding carboxylic acids is 3. The standard InChI is InChI=1S/C27H40N2O3S.C26H38N2O3S.C25H36N2O3S/c1-9-20(6)22-14-24(18(2)3)26(25(15-22)19(4)5)16-27(30)28-33(31,32)23-12-10-21(11-13-23)17-29(7)8;1-17(2)21-13-23(18(3)4)25(24(14-21)19(5)6)15-26(29)27-32(30,31)22-11-9-20(10-12-22)16-28(7)8;1-8-19-13-22(17(2)3)24(23(14-19)18(4)5)15-25(28)26-31(29,30)21-11-9-20(10-12-21)16-27(6)7/h10-15,18-20H,9,16-17H2,1-8H3,(H,28,30);9-14,17-19H,15-16H2,1-8H3,(H,27,29);9-14,17-18H,8,15-16H2,1-7H3,(H,26,28). The predicted molar refractivity (Wildman–Crippen MR) is 395 cm³/mol. The second-order valence-corrected chi connectivity index (χ2v) is 33.7. The van der Waals surface area contributed by atoms with Gasteiger partial charge >= 0.3 is 0 Å². The second-order valence-electron chi connectivity index (χ2n) is 28.6. The van der Waals surface area contributed by atoms with Crippen LogP contribution in [0, 0.1) is 0 Å². The summed E-state index contributed by atoms with van der Waals surface area (Å²) in [6.07, 6.45) is 2.09. The molecule has 6 aromatic carbocycles. The SMILES string of the molecule is CC(C)c1cc(C(C)C)c(CC(=O)NS(=O)(=O)c2ccc(CN(C)C)cc2)c(C(C)C)c1.CCC(C)c1cc(C(C)C)c(CC(=O)NS(=O)(=O)c2ccc(CN(C)C)cc2)c(C(C)C)c1.CCc1cc(C(C)C)c(CC(=O)NS(=O)(=O)c2ccc(CN(C)C)cc2)c(C(C)C)c1. The molecule has 0 radical (unpaired) electrons. The zero-order valence-electron chi connectivity index (χ0n) is 61.9. The molecule has 1 unspecified atom stereocenters. The number of hydrogen-bond acceptors (Lipinski definition) is 12. The first-order chi connectivity index (χ1) is 44.6. The van der Waals surface area contributed by atoms with E-state index in [4.69, 9.17) is 0 Å². The van der Waals surface area contributed by atoms with Gasteiger partial charge in [-0.2, -0.15) is 0 Å². The van der Waals surface area contributed by atoms with Crippen molar-refractivity contribution in [1.29, 1.82) is 0 Å². The minimum absolute atomic E-state index is 0.0390. The smallest absolute Gasteiger partial charge is 0.264 e. The van der Waals surface area contributed by atoms with Gasteiger partial charge in [0.25, 0.3) is 30.1 Å². The summed E-state index contributed by atoms with van der Waals surface area (Å²) in [5.74, 6) is 0.694. The zero-order chi connectivity index (χ0) is 72.5. The van der Waals surface area contributed by atoms with Gasteiger partial charge in [0.2, 0.25) is 17.7 Å². The summed E-state index contributed by atoms with van der Waals surface area (Å²) in [7, 11) is -0.0477. The molecule has 1 atom stereocenters. The molecule has 0 aromatic heterocycles. The van der Waals surface area contributed by atoms with E-state index in [-0.39, 0.29) is 69.5 Å². The maximum absolute atomic E-state index is 12.9. The molecule has 96 heavy (non-hydrogen) atoms. The van der Waals surface area contributed by atoms with E-state index in [2.05, 4.69) is 168 Å². The summed E-state index contributed by atoms with van der Waals surface area (Å²) in [5.41, 5.74) is 16.3. The number of sulfonamides is 3. The van der Waals surface area contributed by atoms with Crippen LogP contribution in [-0.2, 0) is 89.8 Å². The Morgan fingerprint density at radius 1 is 0.333 bits per heavy atom. The van der Waals surface area contributed by atoms with Crippen LogP contribution in [0.2, 0.25) is 0 Å². The maximum atomic E-state index is 12.9. The number of benzene rings is 6. The molecule has 0 aliphatic rings. The molecule has 0 aliphatic carbocycles. The van der Waals surface area contributed by atoms with Gasteiger partial charge in [0.1, 0.15) is 0 Å². The Labute approximate surface area is 579 Å². The van der Waals surface area contributed by atoms with E-state index >= 15 is 0 Å². The molecule has 0 saturated heterocycles. The number of nitrogens with one attached hydrogen (secondary N) is 3. The average molecular weight is 1380 g/mol. The maximum Gasteiger partial charge on any atom is 0.264 e. The van der Waals surface area contributed by atoms with Crippen molar-refractivity contribution >= 4 is 47.8 Å². The molecule has 18 heteroatoms. The number of nitrogens with zero attached hydrogens (tertiary/aromatic N) is 3. The highest BCUT2D eigenvalue weighted by molar-refractivity contribution is 7.90. The lowest BCUT2D eigenvalue weighted by molar-refractivity contribution is -0.119. The molecule has 15 nitrogen and oxygen atoms in total. The Balaban J connectivity index is 0.000000306. The minimum atomic E-state index is -3.93. The molecule has 528 valence electrons. The zero-order valence-corrected chi connectivity index (χ0v) is 64.4. The van der Waals surface area contributed by atoms with Gasteiger partial charge in [-0.25, -0.2) is 39.4 Å². The van der Waals surface area contributed by atoms with Crippen LogP contribution in [-0.4, -0.2) is 100.0 Å². The highest BCUT2D eigenvalue weighted by Crippen LogP contribution is 2.36. The Morgan fingerprint density at radius 2 is 0.562 bits per heavy atom. The molecule has 0 bridgehead atoms. The largest absolute Gasteiger partial charge is 0.305 e. The third-order valence-electron chi connectivity index (χ3n) is 17.0. The van der Waals surface area contributed by atoms with Crippen LogP contribution in [0.25, 0.3) is 0 Å². The van der Waals surface area contributed by atoms with Crippen molar-refractivity contribution in [2.75, 3.05) is 42.3 Å². The lowest BCUT2D eigenvalue weighted by Crippen LogP contribution is -2.32. The van der Waals surface area contributed by atoms with Crippen molar-refractivity contribution < 1.29 is 39.6 Å². The van der Waals surface area contributed by atoms with Crippen LogP contribution in [0.4, 0.5) is 0 Å². The van der Waals surface area contributed by atoms with E-state index in [1.807, 2.05) is 57.0 Å². The minimum Gasteiger partial charge on any atom is -0.305 e. The van der Waals surface area contributed by atoms with Gasteiger partial charge in [-0.15, -0.1) is 0 Å². The summed E-state index contributed by atoms with van der Waals surface area (Å²) in [6.45, 7) is 38.3. The van der Waals surface area contributed by atoms with E-state index < -0.39 is 47.8 Å². The van der Waals surface area contributed by atoms with E-state index in [9.17, 15) is 39.6 Å². The molecule has 0 aliphatic heterocycles. The first-order valence-corrected chi connectivity index (χ1v) is 38.4. The van der Waals surface area contributed by atoms with Crippen LogP contribution in [0.1, 0.15) is 255 Å². The third-order valence-corrected chi connectivity index (χ3v) is 21.2. The average Bonchev–Trinajstić information content (AvgIpc) is 0.818. The van der Waals surface area contributed by atoms with Gasteiger partial charge in [0.05, 0.1) is 33.9 Å². The Morgan fingerprint density at radius 3 is 0.760 bits per heavy atom. The summed E-state index contributed by atoms with van der Waals surface area (Å²) < 4.78 is 83.6. The monoisotopic (exact) mass is 1370 g/mol. The number of amides is 3. The van der Waals surface area contributed by atoms with Crippen molar-refractivity contribution in [2.45, 2.75) is 231 Å². The molecule has 0 fully saturated rings. The molecular weight excluding hydrogens is 1260 g/mol. The molecule has 0 heterocycles. The normalized spacial score (nSPS) is 12.5. The Kier molecular flexibility index (Phi) is 31.0. The van der Waals surface area contributed by atoms with E-state index in [1.165, 1.54) is 16.7 Å². The fraction of sp³-hybridized carbons (Fsp3) is 0.500. The lowest BCUT2D eigenvalue weighted by atomic mass is 9.82. The third kappa shape index (κ3) is 24.2. The molecule has 6 rings (SSSR count). The van der Waals surface area contributed by atoms with Crippen molar-refractivity contribution in [3.63, 3.8) is 0 Å². The van der Waals surface area contributed by atoms with Crippen LogP contribution in [0.3, 0.4) is 0 Å². The fourth-order valence-electron chi connectivity index (χ4n) is 11.7. The molecule has 0 spiro atoms. The van der Waals surface area contributed by atoms with E-state index in [1.54, 1.807) is 72.8 Å². The molecule has 6 aromatic rings. The predicted octanol–water partition coefficient (Wildman–Crippen LogP) is 15.3. The number of aryl methyl sites for hydroxylation is 1. The number of hydrogen-bond donors (Lipinski definition) is 3. The second kappa shape index (κ2) is 36.3. The number of rotatable bonds is 28. The fourth-order valence-corrected chi connectivity index (χ4v) is 14.6. The Hall–Kier alpha value is -6.54. The van der Waals surface area contributed by atoms with Gasteiger partial charge < -0.3 is 14.7 Å². The van der Waals surface area contributed by atoms with Crippen LogP contribution >= 0.6 is 0 Å². The molecule has 3 amide bonds. The van der Waals surface area contributed by atoms with Gasteiger partial charge in [-0.05, 0) is 222 Å². The van der Waals surface area contributed by atoms with Gasteiger partial charge in [0, 0.05) is 19.6 Å². The first kappa shape index (κ1) is 81.9. The summed E-state index contributed by atoms with van der Waals surface area (Å²) >= 11 is 0.